The average Bonchev–Trinajstić information content (AvgIpc) is 2.83. The van der Waals surface area contributed by atoms with Crippen molar-refractivity contribution >= 4 is 58.8 Å². The summed E-state index contributed by atoms with van der Waals surface area (Å²) in [6.07, 6.45) is 1.36. The molecule has 0 spiro atoms. The molecule has 0 saturated heterocycles. The lowest BCUT2D eigenvalue weighted by atomic mass is 10.1. The van der Waals surface area contributed by atoms with Crippen molar-refractivity contribution in [3.05, 3.63) is 99.2 Å². The van der Waals surface area contributed by atoms with Crippen LogP contribution in [0.1, 0.15) is 23.6 Å². The zero-order chi connectivity index (χ0) is 28.3. The molecular weight excluding hydrogens is 574 g/mol. The standard InChI is InChI=1S/C26H27Cl2F3N4OP2/c1-25(29,37)24(32)13-22(33-2)19-9-8-18(12-23(19)36)35(14-15-3-6-17(27)7-4-15)34-21-10-5-16(11-20(21)28)26(30,31)38/h3-13,34,36H,14,32,37-38H2,1-2H3/b24-13-,33-22?. The van der Waals surface area contributed by atoms with Gasteiger partial charge in [0.05, 0.1) is 34.4 Å². The van der Waals surface area contributed by atoms with Gasteiger partial charge >= 0.3 is 0 Å². The number of phenols is 1. The Morgan fingerprint density at radius 3 is 2.26 bits per heavy atom. The van der Waals surface area contributed by atoms with E-state index < -0.39 is 11.1 Å². The lowest BCUT2D eigenvalue weighted by molar-refractivity contribution is 0.104. The largest absolute Gasteiger partial charge is 0.507 e. The monoisotopic (exact) mass is 600 g/mol. The number of aromatic hydroxyl groups is 1. The van der Waals surface area contributed by atoms with E-state index in [9.17, 15) is 18.3 Å². The van der Waals surface area contributed by atoms with Gasteiger partial charge in [-0.25, -0.2) is 4.39 Å². The van der Waals surface area contributed by atoms with E-state index in [1.165, 1.54) is 53.6 Å². The lowest BCUT2D eigenvalue weighted by Crippen LogP contribution is -2.29. The summed E-state index contributed by atoms with van der Waals surface area (Å²) in [7, 11) is 4.99. The number of allylic oxidation sites excluding steroid dienone is 2. The van der Waals surface area contributed by atoms with Crippen LogP contribution in [-0.2, 0) is 12.2 Å². The number of nitrogens with two attached hydrogens (primary N) is 1. The van der Waals surface area contributed by atoms with E-state index in [0.717, 1.165) is 5.56 Å². The highest BCUT2D eigenvalue weighted by atomic mass is 35.5. The van der Waals surface area contributed by atoms with Crippen molar-refractivity contribution in [2.45, 2.75) is 24.5 Å². The van der Waals surface area contributed by atoms with Gasteiger partial charge in [0.15, 0.2) is 5.41 Å². The van der Waals surface area contributed by atoms with Crippen LogP contribution in [-0.4, -0.2) is 23.3 Å². The third-order valence-corrected chi connectivity index (χ3v) is 6.76. The van der Waals surface area contributed by atoms with Gasteiger partial charge in [-0.1, -0.05) is 59.9 Å². The van der Waals surface area contributed by atoms with E-state index in [4.69, 9.17) is 28.9 Å². The van der Waals surface area contributed by atoms with E-state index >= 15 is 0 Å². The number of halogens is 5. The van der Waals surface area contributed by atoms with Gasteiger partial charge in [0, 0.05) is 29.3 Å². The van der Waals surface area contributed by atoms with Crippen LogP contribution >= 0.6 is 41.7 Å². The number of hydrogen-bond donors (Lipinski definition) is 3. The predicted molar refractivity (Wildman–Crippen MR) is 158 cm³/mol. The van der Waals surface area contributed by atoms with E-state index in [2.05, 4.69) is 10.4 Å². The third kappa shape index (κ3) is 7.77. The molecule has 3 unspecified atom stereocenters. The Bertz CT molecular complexity index is 1360. The number of rotatable bonds is 9. The molecule has 0 radical (unpaired) electrons. The maximum atomic E-state index is 14.2. The summed E-state index contributed by atoms with van der Waals surface area (Å²) in [6, 6.07) is 15.9. The van der Waals surface area contributed by atoms with Crippen molar-refractivity contribution in [2.24, 2.45) is 10.7 Å². The summed E-state index contributed by atoms with van der Waals surface area (Å²) < 4.78 is 41.7. The van der Waals surface area contributed by atoms with E-state index in [1.54, 1.807) is 29.3 Å². The first kappa shape index (κ1) is 30.0. The molecule has 3 aromatic carbocycles. The van der Waals surface area contributed by atoms with Crippen LogP contribution in [0.25, 0.3) is 0 Å². The SMILES string of the molecule is CN=C(/C=C(\N)C(C)(F)P)c1ccc(N(Cc2ccc(Cl)cc2)Nc2ccc(C(F)(F)P)cc2Cl)cc1O. The number of hydrogen-bond acceptors (Lipinski definition) is 5. The molecule has 0 bridgehead atoms. The molecule has 0 saturated carbocycles. The van der Waals surface area contributed by atoms with Gasteiger partial charge in [0.1, 0.15) is 5.75 Å². The van der Waals surface area contributed by atoms with Crippen LogP contribution in [0.2, 0.25) is 10.0 Å². The smallest absolute Gasteiger partial charge is 0.283 e. The van der Waals surface area contributed by atoms with Gasteiger partial charge in [-0.3, -0.25) is 15.4 Å². The number of phenolic OH excluding ortho intramolecular Hbond substituents is 1. The Hall–Kier alpha value is -2.50. The second-order valence-corrected chi connectivity index (χ2v) is 11.3. The number of alkyl halides is 3. The van der Waals surface area contributed by atoms with Gasteiger partial charge in [-0.05, 0) is 55.0 Å². The first-order valence-electron chi connectivity index (χ1n) is 11.2. The summed E-state index contributed by atoms with van der Waals surface area (Å²) in [6.45, 7) is 1.58. The number of aliphatic imine (C=N–C) groups is 1. The second kappa shape index (κ2) is 12.1. The van der Waals surface area contributed by atoms with Crippen molar-refractivity contribution in [1.29, 1.82) is 0 Å². The minimum absolute atomic E-state index is 0.0771. The topological polar surface area (TPSA) is 73.9 Å². The Morgan fingerprint density at radius 1 is 1.08 bits per heavy atom. The molecule has 0 amide bonds. The predicted octanol–water partition coefficient (Wildman–Crippen LogP) is 7.48. The molecule has 4 N–H and O–H groups in total. The van der Waals surface area contributed by atoms with E-state index in [-0.39, 0.29) is 27.7 Å². The lowest BCUT2D eigenvalue weighted by Gasteiger charge is -2.28. The molecule has 3 atom stereocenters. The molecule has 3 aromatic rings. The summed E-state index contributed by atoms with van der Waals surface area (Å²) in [4.78, 5) is 4.13. The normalized spacial score (nSPS) is 14.2. The summed E-state index contributed by atoms with van der Waals surface area (Å²) in [5.74, 6) is -0.136. The molecule has 12 heteroatoms. The molecule has 5 nitrogen and oxygen atoms in total. The minimum Gasteiger partial charge on any atom is -0.507 e. The van der Waals surface area contributed by atoms with Crippen LogP contribution in [0.15, 0.2) is 77.4 Å². The van der Waals surface area contributed by atoms with Gasteiger partial charge in [0.2, 0.25) is 0 Å². The molecular formula is C26H27Cl2F3N4OP2. The van der Waals surface area contributed by atoms with Crippen LogP contribution in [0.4, 0.5) is 24.5 Å². The molecule has 0 aliphatic carbocycles. The quantitative estimate of drug-likeness (QED) is 0.135. The number of nitrogens with one attached hydrogen (secondary N) is 1. The fraction of sp³-hybridized carbons (Fsp3) is 0.192. The van der Waals surface area contributed by atoms with Gasteiger partial charge in [-0.2, -0.15) is 8.78 Å². The van der Waals surface area contributed by atoms with Crippen molar-refractivity contribution in [3.63, 3.8) is 0 Å². The fourth-order valence-electron chi connectivity index (χ4n) is 3.38. The average molecular weight is 601 g/mol. The van der Waals surface area contributed by atoms with Crippen LogP contribution in [0, 0.1) is 0 Å². The number of nitrogens with zero attached hydrogens (tertiary/aromatic N) is 2. The van der Waals surface area contributed by atoms with Gasteiger partial charge < -0.3 is 10.8 Å². The maximum Gasteiger partial charge on any atom is 0.283 e. The Kier molecular flexibility index (Phi) is 9.59. The van der Waals surface area contributed by atoms with Crippen LogP contribution in [0.3, 0.4) is 0 Å². The summed E-state index contributed by atoms with van der Waals surface area (Å²) in [5.41, 5.74) is 7.90. The summed E-state index contributed by atoms with van der Waals surface area (Å²) in [5, 5.41) is 11.4. The zero-order valence-corrected chi connectivity index (χ0v) is 24.3. The Morgan fingerprint density at radius 2 is 1.74 bits per heavy atom. The minimum atomic E-state index is -3.13. The summed E-state index contributed by atoms with van der Waals surface area (Å²) >= 11 is 12.3. The Balaban J connectivity index is 2.00. The van der Waals surface area contributed by atoms with Crippen molar-refractivity contribution in [2.75, 3.05) is 17.5 Å². The van der Waals surface area contributed by atoms with Gasteiger partial charge in [-0.15, -0.1) is 0 Å². The number of benzene rings is 3. The molecule has 38 heavy (non-hydrogen) atoms. The first-order valence-corrected chi connectivity index (χ1v) is 13.1. The number of anilines is 2. The van der Waals surface area contributed by atoms with Crippen molar-refractivity contribution in [3.8, 4) is 5.75 Å². The first-order chi connectivity index (χ1) is 17.7. The van der Waals surface area contributed by atoms with Crippen molar-refractivity contribution in [1.82, 2.24) is 0 Å². The fourth-order valence-corrected chi connectivity index (χ4v) is 3.99. The highest BCUT2D eigenvalue weighted by Crippen LogP contribution is 2.38. The molecule has 0 aliphatic heterocycles. The number of hydrazine groups is 1. The highest BCUT2D eigenvalue weighted by Gasteiger charge is 2.25. The Labute approximate surface area is 234 Å². The van der Waals surface area contributed by atoms with E-state index in [1.807, 2.05) is 21.4 Å². The highest BCUT2D eigenvalue weighted by molar-refractivity contribution is 7.19. The molecule has 0 aliphatic rings. The van der Waals surface area contributed by atoms with Crippen LogP contribution in [0.5, 0.6) is 5.75 Å². The molecule has 0 aromatic heterocycles. The van der Waals surface area contributed by atoms with Crippen LogP contribution < -0.4 is 16.2 Å². The third-order valence-electron chi connectivity index (χ3n) is 5.53. The molecule has 0 heterocycles. The molecule has 202 valence electrons. The van der Waals surface area contributed by atoms with Crippen molar-refractivity contribution < 1.29 is 18.3 Å². The van der Waals surface area contributed by atoms with Gasteiger partial charge in [0.25, 0.3) is 5.66 Å². The molecule has 3 rings (SSSR count). The molecule has 0 fully saturated rings. The zero-order valence-electron chi connectivity index (χ0n) is 20.5. The van der Waals surface area contributed by atoms with E-state index in [0.29, 0.717) is 28.5 Å². The maximum absolute atomic E-state index is 14.2. The second-order valence-electron chi connectivity index (χ2n) is 8.63.